The van der Waals surface area contributed by atoms with Crippen molar-refractivity contribution in [3.63, 3.8) is 0 Å². The molecule has 9 nitrogen and oxygen atoms in total. The van der Waals surface area contributed by atoms with E-state index in [0.717, 1.165) is 22.3 Å². The van der Waals surface area contributed by atoms with Gasteiger partial charge in [0.25, 0.3) is 0 Å². The lowest BCUT2D eigenvalue weighted by atomic mass is 9.98. The summed E-state index contributed by atoms with van der Waals surface area (Å²) in [7, 11) is -3.94. The zero-order chi connectivity index (χ0) is 32.2. The van der Waals surface area contributed by atoms with E-state index < -0.39 is 38.5 Å². The second-order valence-electron chi connectivity index (χ2n) is 11.4. The number of ether oxygens (including phenoxy) is 5. The van der Waals surface area contributed by atoms with Crippen LogP contribution >= 0.6 is 7.82 Å². The molecule has 10 heteroatoms. The predicted molar refractivity (Wildman–Crippen MR) is 175 cm³/mol. The maximum absolute atomic E-state index is 13.6. The summed E-state index contributed by atoms with van der Waals surface area (Å²) in [5.74, 6) is 0. The molecule has 5 atom stereocenters. The van der Waals surface area contributed by atoms with Crippen LogP contribution in [0.2, 0.25) is 0 Å². The van der Waals surface area contributed by atoms with Crippen molar-refractivity contribution in [1.29, 1.82) is 0 Å². The monoisotopic (exact) mass is 660 g/mol. The Kier molecular flexibility index (Phi) is 12.4. The van der Waals surface area contributed by atoms with Gasteiger partial charge in [-0.05, 0) is 28.7 Å². The number of phosphoric ester groups is 1. The van der Waals surface area contributed by atoms with Gasteiger partial charge in [-0.2, -0.15) is 0 Å². The molecule has 2 heterocycles. The van der Waals surface area contributed by atoms with Crippen LogP contribution in [-0.2, 0) is 68.2 Å². The van der Waals surface area contributed by atoms with Gasteiger partial charge in [-0.15, -0.1) is 0 Å². The molecule has 6 rings (SSSR count). The van der Waals surface area contributed by atoms with Crippen molar-refractivity contribution in [2.75, 3.05) is 19.8 Å². The normalized spacial score (nSPS) is 24.1. The molecule has 0 aliphatic carbocycles. The van der Waals surface area contributed by atoms with E-state index in [-0.39, 0.29) is 33.0 Å². The Morgan fingerprint density at radius 2 is 0.979 bits per heavy atom. The molecule has 4 aromatic carbocycles. The molecule has 2 aliphatic rings. The van der Waals surface area contributed by atoms with Crippen molar-refractivity contribution in [3.8, 4) is 0 Å². The number of hydrogen-bond donors (Lipinski definition) is 0. The lowest BCUT2D eigenvalue weighted by molar-refractivity contribution is -0.313. The quantitative estimate of drug-likeness (QED) is 0.122. The van der Waals surface area contributed by atoms with E-state index >= 15 is 0 Å². The minimum atomic E-state index is -3.94. The van der Waals surface area contributed by atoms with E-state index in [0.29, 0.717) is 19.6 Å². The second kappa shape index (κ2) is 17.3. The zero-order valence-corrected chi connectivity index (χ0v) is 27.1. The highest BCUT2D eigenvalue weighted by molar-refractivity contribution is 7.48. The first-order valence-corrected chi connectivity index (χ1v) is 17.4. The third kappa shape index (κ3) is 9.90. The summed E-state index contributed by atoms with van der Waals surface area (Å²) in [5, 5.41) is 0. The summed E-state index contributed by atoms with van der Waals surface area (Å²) in [6.45, 7) is 1.82. The molecule has 2 saturated heterocycles. The van der Waals surface area contributed by atoms with Crippen LogP contribution in [0, 0.1) is 0 Å². The summed E-state index contributed by atoms with van der Waals surface area (Å²) >= 11 is 0. The molecule has 47 heavy (non-hydrogen) atoms. The SMILES string of the molecule is O=P1(O[C@H]2O[C@H](COCc3ccccc3)[C@@H](OCc3ccccc3)[C@H](OCc3ccccc3)[C@H]2OCc2ccccc2)OCCCO1. The van der Waals surface area contributed by atoms with Gasteiger partial charge in [0.15, 0.2) is 6.29 Å². The second-order valence-corrected chi connectivity index (χ2v) is 13.0. The van der Waals surface area contributed by atoms with Crippen molar-refractivity contribution >= 4 is 7.82 Å². The summed E-state index contributed by atoms with van der Waals surface area (Å²) in [5.41, 5.74) is 3.93. The highest BCUT2D eigenvalue weighted by Gasteiger charge is 2.52. The fourth-order valence-corrected chi connectivity index (χ4v) is 6.79. The van der Waals surface area contributed by atoms with Crippen molar-refractivity contribution in [2.24, 2.45) is 0 Å². The van der Waals surface area contributed by atoms with Gasteiger partial charge < -0.3 is 23.7 Å². The van der Waals surface area contributed by atoms with Crippen molar-refractivity contribution in [2.45, 2.75) is 63.6 Å². The van der Waals surface area contributed by atoms with Gasteiger partial charge in [-0.3, -0.25) is 13.6 Å². The summed E-state index contributed by atoms with van der Waals surface area (Å²) in [6.07, 6.45) is -3.48. The van der Waals surface area contributed by atoms with Crippen LogP contribution < -0.4 is 0 Å². The first-order valence-electron chi connectivity index (χ1n) is 16.0. The molecule has 4 aromatic rings. The molecule has 0 N–H and O–H groups in total. The van der Waals surface area contributed by atoms with Crippen LogP contribution in [0.5, 0.6) is 0 Å². The van der Waals surface area contributed by atoms with Crippen molar-refractivity contribution in [1.82, 2.24) is 0 Å². The largest absolute Gasteiger partial charge is 0.477 e. The van der Waals surface area contributed by atoms with Gasteiger partial charge in [0, 0.05) is 0 Å². The number of phosphoric acid groups is 1. The fraction of sp³-hybridized carbons (Fsp3) is 0.351. The van der Waals surface area contributed by atoms with E-state index in [1.165, 1.54) is 0 Å². The minimum Gasteiger partial charge on any atom is -0.374 e. The molecule has 0 amide bonds. The van der Waals surface area contributed by atoms with Gasteiger partial charge in [0.05, 0.1) is 46.2 Å². The molecule has 2 aliphatic heterocycles. The molecular formula is C37H41O9P. The molecule has 0 spiro atoms. The van der Waals surface area contributed by atoms with Crippen LogP contribution in [-0.4, -0.2) is 50.5 Å². The Labute approximate surface area is 276 Å². The first-order chi connectivity index (χ1) is 23.2. The fourth-order valence-electron chi connectivity index (χ4n) is 5.47. The van der Waals surface area contributed by atoms with Gasteiger partial charge in [-0.25, -0.2) is 4.57 Å². The Morgan fingerprint density at radius 3 is 1.47 bits per heavy atom. The number of rotatable bonds is 15. The molecule has 248 valence electrons. The standard InChI is InChI=1S/C37H41O9P/c38-47(43-22-13-23-44-47)46-37-36(42-27-32-20-11-4-12-21-32)35(41-26-31-18-9-3-10-19-31)34(40-25-30-16-7-2-8-17-30)33(45-37)28-39-24-29-14-5-1-6-15-29/h1-12,14-21,33-37H,13,22-28H2/t33-,34-,35+,36-,37-/m1/s1. The molecule has 2 fully saturated rings. The van der Waals surface area contributed by atoms with Gasteiger partial charge in [0.2, 0.25) is 0 Å². The molecule has 0 radical (unpaired) electrons. The Morgan fingerprint density at radius 1 is 0.553 bits per heavy atom. The Balaban J connectivity index is 1.31. The van der Waals surface area contributed by atoms with E-state index in [9.17, 15) is 4.57 Å². The summed E-state index contributed by atoms with van der Waals surface area (Å²) in [6, 6.07) is 39.5. The van der Waals surface area contributed by atoms with Crippen LogP contribution in [0.15, 0.2) is 121 Å². The third-order valence-electron chi connectivity index (χ3n) is 7.86. The van der Waals surface area contributed by atoms with E-state index in [1.807, 2.05) is 121 Å². The van der Waals surface area contributed by atoms with E-state index in [1.54, 1.807) is 0 Å². The number of hydrogen-bond acceptors (Lipinski definition) is 9. The average molecular weight is 661 g/mol. The van der Waals surface area contributed by atoms with Crippen LogP contribution in [0.3, 0.4) is 0 Å². The smallest absolute Gasteiger partial charge is 0.374 e. The van der Waals surface area contributed by atoms with Gasteiger partial charge in [0.1, 0.15) is 24.4 Å². The maximum Gasteiger partial charge on any atom is 0.477 e. The van der Waals surface area contributed by atoms with Crippen molar-refractivity contribution in [3.05, 3.63) is 144 Å². The highest BCUT2D eigenvalue weighted by Crippen LogP contribution is 2.54. The van der Waals surface area contributed by atoms with Crippen LogP contribution in [0.25, 0.3) is 0 Å². The lowest BCUT2D eigenvalue weighted by Crippen LogP contribution is -2.61. The Bertz CT molecular complexity index is 1500. The van der Waals surface area contributed by atoms with Crippen molar-refractivity contribution < 1.29 is 41.8 Å². The van der Waals surface area contributed by atoms with Gasteiger partial charge in [-0.1, -0.05) is 121 Å². The molecule has 0 saturated carbocycles. The zero-order valence-electron chi connectivity index (χ0n) is 26.2. The minimum absolute atomic E-state index is 0.150. The van der Waals surface area contributed by atoms with Crippen LogP contribution in [0.1, 0.15) is 28.7 Å². The summed E-state index contributed by atoms with van der Waals surface area (Å²) in [4.78, 5) is 0. The number of benzene rings is 4. The van der Waals surface area contributed by atoms with Gasteiger partial charge >= 0.3 is 7.82 Å². The van der Waals surface area contributed by atoms with Crippen LogP contribution in [0.4, 0.5) is 0 Å². The van der Waals surface area contributed by atoms with E-state index in [2.05, 4.69) is 0 Å². The summed E-state index contributed by atoms with van der Waals surface area (Å²) < 4.78 is 63.3. The molecule has 0 unspecified atom stereocenters. The molecule has 0 bridgehead atoms. The predicted octanol–water partition coefficient (Wildman–Crippen LogP) is 7.25. The Hall–Kier alpha value is -3.21. The topological polar surface area (TPSA) is 90.9 Å². The maximum atomic E-state index is 13.6. The molecular weight excluding hydrogens is 619 g/mol. The molecule has 0 aromatic heterocycles. The third-order valence-corrected chi connectivity index (χ3v) is 9.32. The average Bonchev–Trinajstić information content (AvgIpc) is 3.12. The highest BCUT2D eigenvalue weighted by atomic mass is 31.2. The van der Waals surface area contributed by atoms with E-state index in [4.69, 9.17) is 37.3 Å². The lowest BCUT2D eigenvalue weighted by Gasteiger charge is -2.46. The first kappa shape index (κ1) is 33.7.